The first-order valence-corrected chi connectivity index (χ1v) is 8.76. The molecule has 0 saturated heterocycles. The number of hydrogen-bond donors (Lipinski definition) is 1. The molecular formula is C17H29NS. The van der Waals surface area contributed by atoms with Crippen molar-refractivity contribution in [2.75, 3.05) is 12.3 Å². The summed E-state index contributed by atoms with van der Waals surface area (Å²) in [4.78, 5) is 1.38. The van der Waals surface area contributed by atoms with E-state index >= 15 is 0 Å². The predicted molar refractivity (Wildman–Crippen MR) is 88.0 cm³/mol. The second-order valence-electron chi connectivity index (χ2n) is 4.96. The van der Waals surface area contributed by atoms with Crippen LogP contribution in [0.4, 0.5) is 0 Å². The Labute approximate surface area is 123 Å². The summed E-state index contributed by atoms with van der Waals surface area (Å²) in [5.41, 5.74) is 1.44. The monoisotopic (exact) mass is 279 g/mol. The van der Waals surface area contributed by atoms with Crippen molar-refractivity contribution < 1.29 is 0 Å². The SMILES string of the molecule is CCCCCCC(NCC)c1ccc(SCC)cc1. The molecule has 1 N–H and O–H groups in total. The van der Waals surface area contributed by atoms with Crippen LogP contribution in [0.2, 0.25) is 0 Å². The maximum atomic E-state index is 3.62. The van der Waals surface area contributed by atoms with Crippen LogP contribution >= 0.6 is 11.8 Å². The molecule has 1 nitrogen and oxygen atoms in total. The highest BCUT2D eigenvalue weighted by atomic mass is 32.2. The molecule has 0 amide bonds. The predicted octanol–water partition coefficient (Wildman–Crippen LogP) is 5.42. The molecule has 0 aliphatic carbocycles. The molecule has 108 valence electrons. The highest BCUT2D eigenvalue weighted by molar-refractivity contribution is 7.99. The summed E-state index contributed by atoms with van der Waals surface area (Å²) in [6.45, 7) is 7.71. The summed E-state index contributed by atoms with van der Waals surface area (Å²) >= 11 is 1.91. The molecule has 1 rings (SSSR count). The first-order chi connectivity index (χ1) is 9.31. The molecule has 1 aromatic carbocycles. The Morgan fingerprint density at radius 2 is 1.74 bits per heavy atom. The van der Waals surface area contributed by atoms with Crippen molar-refractivity contribution in [1.82, 2.24) is 5.32 Å². The van der Waals surface area contributed by atoms with E-state index in [-0.39, 0.29) is 0 Å². The van der Waals surface area contributed by atoms with Gasteiger partial charge in [-0.25, -0.2) is 0 Å². The third-order valence-electron chi connectivity index (χ3n) is 3.39. The van der Waals surface area contributed by atoms with Gasteiger partial charge in [-0.1, -0.05) is 58.6 Å². The van der Waals surface area contributed by atoms with Crippen LogP contribution in [0.25, 0.3) is 0 Å². The van der Waals surface area contributed by atoms with E-state index in [4.69, 9.17) is 0 Å². The highest BCUT2D eigenvalue weighted by Gasteiger charge is 2.09. The lowest BCUT2D eigenvalue weighted by atomic mass is 10.00. The minimum atomic E-state index is 0.530. The van der Waals surface area contributed by atoms with Crippen LogP contribution in [-0.2, 0) is 0 Å². The van der Waals surface area contributed by atoms with Crippen molar-refractivity contribution in [3.05, 3.63) is 29.8 Å². The topological polar surface area (TPSA) is 12.0 Å². The lowest BCUT2D eigenvalue weighted by Gasteiger charge is -2.18. The Balaban J connectivity index is 2.53. The summed E-state index contributed by atoms with van der Waals surface area (Å²) in [5.74, 6) is 1.15. The molecule has 0 aliphatic heterocycles. The smallest absolute Gasteiger partial charge is 0.0320 e. The molecule has 19 heavy (non-hydrogen) atoms. The quantitative estimate of drug-likeness (QED) is 0.453. The van der Waals surface area contributed by atoms with Gasteiger partial charge in [0.1, 0.15) is 0 Å². The summed E-state index contributed by atoms with van der Waals surface area (Å²) < 4.78 is 0. The van der Waals surface area contributed by atoms with Crippen molar-refractivity contribution in [3.63, 3.8) is 0 Å². The number of nitrogens with one attached hydrogen (secondary N) is 1. The third-order valence-corrected chi connectivity index (χ3v) is 4.28. The Morgan fingerprint density at radius 1 is 1.00 bits per heavy atom. The molecular weight excluding hydrogens is 250 g/mol. The van der Waals surface area contributed by atoms with Gasteiger partial charge in [0.25, 0.3) is 0 Å². The average Bonchev–Trinajstić information content (AvgIpc) is 2.44. The van der Waals surface area contributed by atoms with E-state index in [9.17, 15) is 0 Å². The minimum Gasteiger partial charge on any atom is -0.310 e. The molecule has 1 unspecified atom stereocenters. The van der Waals surface area contributed by atoms with E-state index in [2.05, 4.69) is 50.4 Å². The molecule has 2 heteroatoms. The molecule has 0 spiro atoms. The molecule has 0 aromatic heterocycles. The van der Waals surface area contributed by atoms with E-state index in [1.54, 1.807) is 0 Å². The van der Waals surface area contributed by atoms with E-state index in [0.717, 1.165) is 12.3 Å². The van der Waals surface area contributed by atoms with E-state index in [1.165, 1.54) is 42.6 Å². The number of rotatable bonds is 10. The number of thioether (sulfide) groups is 1. The number of hydrogen-bond acceptors (Lipinski definition) is 2. The molecule has 0 fully saturated rings. The molecule has 0 heterocycles. The van der Waals surface area contributed by atoms with Gasteiger partial charge in [0.15, 0.2) is 0 Å². The first kappa shape index (κ1) is 16.6. The summed E-state index contributed by atoms with van der Waals surface area (Å²) in [6.07, 6.45) is 6.63. The van der Waals surface area contributed by atoms with Crippen molar-refractivity contribution in [2.45, 2.75) is 63.8 Å². The van der Waals surface area contributed by atoms with E-state index in [0.29, 0.717) is 6.04 Å². The molecule has 1 aromatic rings. The van der Waals surface area contributed by atoms with E-state index in [1.807, 2.05) is 11.8 Å². The van der Waals surface area contributed by atoms with Crippen molar-refractivity contribution in [2.24, 2.45) is 0 Å². The Bertz CT molecular complexity index is 321. The molecule has 0 bridgehead atoms. The van der Waals surface area contributed by atoms with Crippen LogP contribution in [0.15, 0.2) is 29.2 Å². The van der Waals surface area contributed by atoms with Gasteiger partial charge in [0, 0.05) is 10.9 Å². The van der Waals surface area contributed by atoms with Crippen LogP contribution < -0.4 is 5.32 Å². The van der Waals surface area contributed by atoms with Crippen LogP contribution in [0.5, 0.6) is 0 Å². The van der Waals surface area contributed by atoms with Crippen molar-refractivity contribution >= 4 is 11.8 Å². The maximum Gasteiger partial charge on any atom is 0.0320 e. The molecule has 0 aliphatic rings. The maximum absolute atomic E-state index is 3.62. The fourth-order valence-electron chi connectivity index (χ4n) is 2.37. The zero-order chi connectivity index (χ0) is 13.9. The van der Waals surface area contributed by atoms with E-state index < -0.39 is 0 Å². The van der Waals surface area contributed by atoms with Crippen molar-refractivity contribution in [3.8, 4) is 0 Å². The van der Waals surface area contributed by atoms with Crippen LogP contribution in [-0.4, -0.2) is 12.3 Å². The van der Waals surface area contributed by atoms with Crippen LogP contribution in [0.1, 0.15) is 64.5 Å². The summed E-state index contributed by atoms with van der Waals surface area (Å²) in [5, 5.41) is 3.62. The zero-order valence-electron chi connectivity index (χ0n) is 12.7. The van der Waals surface area contributed by atoms with Crippen LogP contribution in [0.3, 0.4) is 0 Å². The third kappa shape index (κ3) is 6.49. The van der Waals surface area contributed by atoms with Gasteiger partial charge in [-0.15, -0.1) is 11.8 Å². The fraction of sp³-hybridized carbons (Fsp3) is 0.647. The lowest BCUT2D eigenvalue weighted by Crippen LogP contribution is -2.20. The standard InChI is InChI=1S/C17H29NS/c1-4-7-8-9-10-17(18-5-2)15-11-13-16(14-12-15)19-6-3/h11-14,17-18H,4-10H2,1-3H3. The second-order valence-corrected chi connectivity index (χ2v) is 6.30. The number of unbranched alkanes of at least 4 members (excludes halogenated alkanes) is 3. The summed E-state index contributed by atoms with van der Waals surface area (Å²) in [7, 11) is 0. The van der Waals surface area contributed by atoms with Gasteiger partial charge >= 0.3 is 0 Å². The van der Waals surface area contributed by atoms with Crippen molar-refractivity contribution in [1.29, 1.82) is 0 Å². The van der Waals surface area contributed by atoms with Gasteiger partial charge in [-0.2, -0.15) is 0 Å². The first-order valence-electron chi connectivity index (χ1n) is 7.77. The van der Waals surface area contributed by atoms with Gasteiger partial charge in [0.2, 0.25) is 0 Å². The molecule has 0 saturated carbocycles. The van der Waals surface area contributed by atoms with Gasteiger partial charge in [0.05, 0.1) is 0 Å². The average molecular weight is 279 g/mol. The Kier molecular flexibility index (Phi) is 9.02. The Hall–Kier alpha value is -0.470. The van der Waals surface area contributed by atoms with Gasteiger partial charge < -0.3 is 5.32 Å². The fourth-order valence-corrected chi connectivity index (χ4v) is 3.03. The normalized spacial score (nSPS) is 12.6. The van der Waals surface area contributed by atoms with Gasteiger partial charge in [-0.3, -0.25) is 0 Å². The molecule has 1 atom stereocenters. The number of benzene rings is 1. The van der Waals surface area contributed by atoms with Gasteiger partial charge in [-0.05, 0) is 36.4 Å². The minimum absolute atomic E-state index is 0.530. The Morgan fingerprint density at radius 3 is 2.32 bits per heavy atom. The zero-order valence-corrected chi connectivity index (χ0v) is 13.6. The largest absolute Gasteiger partial charge is 0.310 e. The highest BCUT2D eigenvalue weighted by Crippen LogP contribution is 2.24. The second kappa shape index (κ2) is 10.3. The molecule has 0 radical (unpaired) electrons. The summed E-state index contributed by atoms with van der Waals surface area (Å²) in [6, 6.07) is 9.65. The van der Waals surface area contributed by atoms with Crippen LogP contribution in [0, 0.1) is 0 Å². The lowest BCUT2D eigenvalue weighted by molar-refractivity contribution is 0.481.